The molecule has 0 spiro atoms. The molecule has 0 aromatic rings. The molecule has 15 heavy (non-hydrogen) atoms. The van der Waals surface area contributed by atoms with Crippen LogP contribution in [0.5, 0.6) is 0 Å². The van der Waals surface area contributed by atoms with Gasteiger partial charge < -0.3 is 10.4 Å². The summed E-state index contributed by atoms with van der Waals surface area (Å²) in [6.45, 7) is 5.62. The molecule has 1 aliphatic rings. The van der Waals surface area contributed by atoms with Gasteiger partial charge in [0.05, 0.1) is 0 Å². The van der Waals surface area contributed by atoms with Crippen LogP contribution in [-0.4, -0.2) is 23.0 Å². The van der Waals surface area contributed by atoms with Crippen molar-refractivity contribution >= 4 is 11.9 Å². The minimum Gasteiger partial charge on any atom is -0.480 e. The fourth-order valence-corrected chi connectivity index (χ4v) is 2.19. The molecule has 0 radical (unpaired) electrons. The zero-order valence-electron chi connectivity index (χ0n) is 9.54. The maximum atomic E-state index is 11.8. The molecule has 1 rings (SSSR count). The summed E-state index contributed by atoms with van der Waals surface area (Å²) in [5, 5.41) is 11.2. The highest BCUT2D eigenvalue weighted by atomic mass is 16.4. The highest BCUT2D eigenvalue weighted by Crippen LogP contribution is 2.42. The molecule has 0 bridgehead atoms. The Labute approximate surface area is 90.0 Å². The van der Waals surface area contributed by atoms with E-state index < -0.39 is 12.0 Å². The molecule has 1 aliphatic carbocycles. The van der Waals surface area contributed by atoms with Crippen LogP contribution in [0.3, 0.4) is 0 Å². The van der Waals surface area contributed by atoms with Crippen molar-refractivity contribution in [2.45, 2.75) is 46.1 Å². The molecule has 2 atom stereocenters. The molecule has 86 valence electrons. The minimum absolute atomic E-state index is 0.00229. The number of carbonyl (C=O) groups is 2. The Morgan fingerprint density at radius 1 is 1.47 bits per heavy atom. The summed E-state index contributed by atoms with van der Waals surface area (Å²) in [5.41, 5.74) is 0.00229. The summed E-state index contributed by atoms with van der Waals surface area (Å²) in [5.74, 6) is -1.15. The standard InChI is InChI=1S/C11H19NO3/c1-7(10(14)15)12-9(13)8-5-4-6-11(8,2)3/h7-8H,4-6H2,1-3H3,(H,12,13)(H,14,15)/t7-,8?/m0/s1. The third kappa shape index (κ3) is 2.70. The second kappa shape index (κ2) is 4.21. The smallest absolute Gasteiger partial charge is 0.325 e. The van der Waals surface area contributed by atoms with Crippen LogP contribution in [0.4, 0.5) is 0 Å². The van der Waals surface area contributed by atoms with Crippen molar-refractivity contribution in [1.29, 1.82) is 0 Å². The van der Waals surface area contributed by atoms with Gasteiger partial charge in [-0.2, -0.15) is 0 Å². The molecular formula is C11H19NO3. The maximum Gasteiger partial charge on any atom is 0.325 e. The molecule has 0 aliphatic heterocycles. The summed E-state index contributed by atoms with van der Waals surface area (Å²) in [6.07, 6.45) is 2.95. The highest BCUT2D eigenvalue weighted by molar-refractivity contribution is 5.85. The number of carboxylic acid groups (broad SMARTS) is 1. The lowest BCUT2D eigenvalue weighted by molar-refractivity contribution is -0.142. The van der Waals surface area contributed by atoms with Crippen molar-refractivity contribution in [2.24, 2.45) is 11.3 Å². The second-order valence-corrected chi connectivity index (χ2v) is 5.00. The van der Waals surface area contributed by atoms with Crippen molar-refractivity contribution < 1.29 is 14.7 Å². The number of amides is 1. The SMILES string of the molecule is C[C@H](NC(=O)C1CCCC1(C)C)C(=O)O. The van der Waals surface area contributed by atoms with Crippen LogP contribution in [0.15, 0.2) is 0 Å². The molecule has 0 heterocycles. The van der Waals surface area contributed by atoms with Crippen molar-refractivity contribution in [2.75, 3.05) is 0 Å². The summed E-state index contributed by atoms with van der Waals surface area (Å²) in [6, 6.07) is -0.797. The number of carboxylic acids is 1. The summed E-state index contributed by atoms with van der Waals surface area (Å²) in [7, 11) is 0. The van der Waals surface area contributed by atoms with Crippen LogP contribution in [0.25, 0.3) is 0 Å². The number of nitrogens with one attached hydrogen (secondary N) is 1. The molecule has 2 N–H and O–H groups in total. The molecule has 1 saturated carbocycles. The number of hydrogen-bond donors (Lipinski definition) is 2. The average molecular weight is 213 g/mol. The minimum atomic E-state index is -0.987. The van der Waals surface area contributed by atoms with Crippen molar-refractivity contribution in [3.8, 4) is 0 Å². The van der Waals surface area contributed by atoms with E-state index in [2.05, 4.69) is 19.2 Å². The first-order valence-electron chi connectivity index (χ1n) is 5.38. The van der Waals surface area contributed by atoms with Gasteiger partial charge in [0.2, 0.25) is 5.91 Å². The predicted octanol–water partition coefficient (Wildman–Crippen LogP) is 1.40. The van der Waals surface area contributed by atoms with Gasteiger partial charge in [0.25, 0.3) is 0 Å². The van der Waals surface area contributed by atoms with Crippen molar-refractivity contribution in [3.05, 3.63) is 0 Å². The van der Waals surface area contributed by atoms with Crippen molar-refractivity contribution in [3.63, 3.8) is 0 Å². The molecule has 1 unspecified atom stereocenters. The van der Waals surface area contributed by atoms with Gasteiger partial charge in [0.1, 0.15) is 6.04 Å². The van der Waals surface area contributed by atoms with Gasteiger partial charge >= 0.3 is 5.97 Å². The topological polar surface area (TPSA) is 66.4 Å². The van der Waals surface area contributed by atoms with Gasteiger partial charge in [-0.25, -0.2) is 0 Å². The largest absolute Gasteiger partial charge is 0.480 e. The van der Waals surface area contributed by atoms with Crippen LogP contribution in [0.1, 0.15) is 40.0 Å². The molecule has 0 aromatic heterocycles. The lowest BCUT2D eigenvalue weighted by Gasteiger charge is -2.26. The zero-order chi connectivity index (χ0) is 11.6. The van der Waals surface area contributed by atoms with E-state index in [-0.39, 0.29) is 17.2 Å². The van der Waals surface area contributed by atoms with Crippen LogP contribution < -0.4 is 5.32 Å². The maximum absolute atomic E-state index is 11.8. The van der Waals surface area contributed by atoms with Crippen LogP contribution >= 0.6 is 0 Å². The van der Waals surface area contributed by atoms with E-state index in [9.17, 15) is 9.59 Å². The van der Waals surface area contributed by atoms with E-state index >= 15 is 0 Å². The fourth-order valence-electron chi connectivity index (χ4n) is 2.19. The van der Waals surface area contributed by atoms with E-state index in [0.29, 0.717) is 0 Å². The Bertz CT molecular complexity index is 273. The normalized spacial score (nSPS) is 25.9. The lowest BCUT2D eigenvalue weighted by atomic mass is 9.81. The second-order valence-electron chi connectivity index (χ2n) is 5.00. The number of carbonyl (C=O) groups excluding carboxylic acids is 1. The van der Waals surface area contributed by atoms with E-state index in [1.165, 1.54) is 6.92 Å². The molecule has 4 heteroatoms. The Kier molecular flexibility index (Phi) is 3.37. The third-order valence-electron chi connectivity index (χ3n) is 3.30. The van der Waals surface area contributed by atoms with Gasteiger partial charge in [0, 0.05) is 5.92 Å². The van der Waals surface area contributed by atoms with Crippen LogP contribution in [0.2, 0.25) is 0 Å². The van der Waals surface area contributed by atoms with Gasteiger partial charge in [-0.1, -0.05) is 20.3 Å². The zero-order valence-corrected chi connectivity index (χ0v) is 9.54. The summed E-state index contributed by atoms with van der Waals surface area (Å²) in [4.78, 5) is 22.4. The Morgan fingerprint density at radius 2 is 2.07 bits per heavy atom. The quantitative estimate of drug-likeness (QED) is 0.744. The average Bonchev–Trinajstić information content (AvgIpc) is 2.44. The Morgan fingerprint density at radius 3 is 2.47 bits per heavy atom. The molecule has 0 saturated heterocycles. The lowest BCUT2D eigenvalue weighted by Crippen LogP contribution is -2.44. The van der Waals surface area contributed by atoms with Crippen LogP contribution in [0, 0.1) is 11.3 Å². The summed E-state index contributed by atoms with van der Waals surface area (Å²) < 4.78 is 0. The van der Waals surface area contributed by atoms with Gasteiger partial charge in [-0.15, -0.1) is 0 Å². The monoisotopic (exact) mass is 213 g/mol. The van der Waals surface area contributed by atoms with Gasteiger partial charge in [-0.3, -0.25) is 9.59 Å². The number of aliphatic carboxylic acids is 1. The van der Waals surface area contributed by atoms with E-state index in [1.807, 2.05) is 0 Å². The molecule has 1 fully saturated rings. The van der Waals surface area contributed by atoms with E-state index in [0.717, 1.165) is 19.3 Å². The van der Waals surface area contributed by atoms with Gasteiger partial charge in [0.15, 0.2) is 0 Å². The summed E-state index contributed by atoms with van der Waals surface area (Å²) >= 11 is 0. The van der Waals surface area contributed by atoms with Crippen molar-refractivity contribution in [1.82, 2.24) is 5.32 Å². The first-order valence-corrected chi connectivity index (χ1v) is 5.38. The fraction of sp³-hybridized carbons (Fsp3) is 0.818. The van der Waals surface area contributed by atoms with E-state index in [4.69, 9.17) is 5.11 Å². The molecule has 0 aromatic carbocycles. The van der Waals surface area contributed by atoms with E-state index in [1.54, 1.807) is 0 Å². The molecular weight excluding hydrogens is 194 g/mol. The molecule has 4 nitrogen and oxygen atoms in total. The first-order chi connectivity index (χ1) is 6.84. The van der Waals surface area contributed by atoms with Gasteiger partial charge in [-0.05, 0) is 25.2 Å². The number of rotatable bonds is 3. The molecule has 1 amide bonds. The predicted molar refractivity (Wildman–Crippen MR) is 56.4 cm³/mol. The Balaban J connectivity index is 2.58. The first kappa shape index (κ1) is 12.0. The number of hydrogen-bond acceptors (Lipinski definition) is 2. The third-order valence-corrected chi connectivity index (χ3v) is 3.30. The Hall–Kier alpha value is -1.06. The highest BCUT2D eigenvalue weighted by Gasteiger charge is 2.39. The van der Waals surface area contributed by atoms with Crippen LogP contribution in [-0.2, 0) is 9.59 Å².